The number of nitrogens with zero attached hydrogens (tertiary/aromatic N) is 2. The third-order valence-electron chi connectivity index (χ3n) is 5.05. The monoisotopic (exact) mass is 415 g/mol. The Kier molecular flexibility index (Phi) is 6.75. The van der Waals surface area contributed by atoms with Crippen molar-refractivity contribution in [3.63, 3.8) is 0 Å². The number of amides is 2. The highest BCUT2D eigenvalue weighted by Gasteiger charge is 2.40. The minimum atomic E-state index is -0.378. The molecular weight excluding hydrogens is 390 g/mol. The van der Waals surface area contributed by atoms with Crippen LogP contribution in [0.25, 0.3) is 0 Å². The predicted molar refractivity (Wildman–Crippen MR) is 113 cm³/mol. The fraction of sp³-hybridized carbons (Fsp3) is 0.409. The van der Waals surface area contributed by atoms with Gasteiger partial charge < -0.3 is 15.0 Å². The van der Waals surface area contributed by atoms with Gasteiger partial charge >= 0.3 is 0 Å². The van der Waals surface area contributed by atoms with Crippen LogP contribution in [0, 0.1) is 11.8 Å². The summed E-state index contributed by atoms with van der Waals surface area (Å²) < 4.78 is 5.16. The van der Waals surface area contributed by atoms with Crippen LogP contribution in [0.1, 0.15) is 38.3 Å². The molecule has 1 fully saturated rings. The molecule has 0 radical (unpaired) electrons. The van der Waals surface area contributed by atoms with Gasteiger partial charge in [0.05, 0.1) is 24.1 Å². The molecule has 3 rings (SSSR count). The molecule has 2 aromatic rings. The Balaban J connectivity index is 1.89. The van der Waals surface area contributed by atoms with Crippen LogP contribution in [0.5, 0.6) is 5.75 Å². The lowest BCUT2D eigenvalue weighted by molar-refractivity contribution is -0.142. The maximum atomic E-state index is 13.2. The summed E-state index contributed by atoms with van der Waals surface area (Å²) in [5.41, 5.74) is 1.46. The lowest BCUT2D eigenvalue weighted by Gasteiger charge is -2.41. The second-order valence-corrected chi connectivity index (χ2v) is 8.06. The molecule has 6 nitrogen and oxygen atoms in total. The van der Waals surface area contributed by atoms with Gasteiger partial charge in [-0.15, -0.1) is 0 Å². The average Bonchev–Trinajstić information content (AvgIpc) is 2.70. The first-order chi connectivity index (χ1) is 13.9. The van der Waals surface area contributed by atoms with Crippen LogP contribution in [-0.2, 0) is 9.59 Å². The molecule has 0 spiro atoms. The molecule has 2 atom stereocenters. The van der Waals surface area contributed by atoms with Crippen molar-refractivity contribution in [2.75, 3.05) is 19.0 Å². The molecule has 0 aliphatic carbocycles. The molecule has 154 valence electrons. The van der Waals surface area contributed by atoms with Crippen molar-refractivity contribution in [2.24, 2.45) is 11.8 Å². The van der Waals surface area contributed by atoms with Crippen LogP contribution in [-0.4, -0.2) is 35.4 Å². The zero-order chi connectivity index (χ0) is 21.0. The number of aromatic nitrogens is 1. The summed E-state index contributed by atoms with van der Waals surface area (Å²) in [5, 5.41) is 3.38. The van der Waals surface area contributed by atoms with E-state index in [1.165, 1.54) is 0 Å². The number of halogens is 1. The van der Waals surface area contributed by atoms with Crippen molar-refractivity contribution in [2.45, 2.75) is 32.7 Å². The molecule has 0 bridgehead atoms. The van der Waals surface area contributed by atoms with Crippen molar-refractivity contribution in [1.29, 1.82) is 0 Å². The van der Waals surface area contributed by atoms with Gasteiger partial charge in [0.15, 0.2) is 0 Å². The molecule has 1 N–H and O–H groups in total. The van der Waals surface area contributed by atoms with Gasteiger partial charge in [-0.05, 0) is 42.2 Å². The van der Waals surface area contributed by atoms with Gasteiger partial charge in [-0.25, -0.2) is 0 Å². The zero-order valence-electron chi connectivity index (χ0n) is 16.9. The molecule has 1 saturated heterocycles. The SMILES string of the molecule is COc1ccc(NC(=O)[C@@H]2CCC(=O)N(CC(C)C)[C@H]2c2cccnc2)cc1Cl. The number of hydrogen-bond donors (Lipinski definition) is 1. The third-order valence-corrected chi connectivity index (χ3v) is 5.35. The van der Waals surface area contributed by atoms with E-state index in [0.717, 1.165) is 5.56 Å². The molecule has 7 heteroatoms. The van der Waals surface area contributed by atoms with Crippen molar-refractivity contribution < 1.29 is 14.3 Å². The fourth-order valence-electron chi connectivity index (χ4n) is 3.78. The zero-order valence-corrected chi connectivity index (χ0v) is 17.6. The van der Waals surface area contributed by atoms with E-state index in [4.69, 9.17) is 16.3 Å². The van der Waals surface area contributed by atoms with E-state index in [9.17, 15) is 9.59 Å². The molecule has 1 aliphatic heterocycles. The molecule has 0 saturated carbocycles. The van der Waals surface area contributed by atoms with Crippen LogP contribution in [0.3, 0.4) is 0 Å². The Morgan fingerprint density at radius 3 is 2.79 bits per heavy atom. The first-order valence-electron chi connectivity index (χ1n) is 9.74. The summed E-state index contributed by atoms with van der Waals surface area (Å²) in [6, 6.07) is 8.54. The molecule has 2 heterocycles. The third kappa shape index (κ3) is 4.88. The van der Waals surface area contributed by atoms with Gasteiger partial charge in [0.1, 0.15) is 5.75 Å². The van der Waals surface area contributed by atoms with Gasteiger partial charge in [-0.3, -0.25) is 14.6 Å². The quantitative estimate of drug-likeness (QED) is 0.762. The maximum absolute atomic E-state index is 13.2. The molecule has 29 heavy (non-hydrogen) atoms. The van der Waals surface area contributed by atoms with Gasteiger partial charge in [0.2, 0.25) is 11.8 Å². The number of nitrogens with one attached hydrogen (secondary N) is 1. The number of piperidine rings is 1. The first-order valence-corrected chi connectivity index (χ1v) is 10.1. The Labute approximate surface area is 176 Å². The van der Waals surface area contributed by atoms with E-state index in [1.54, 1.807) is 37.7 Å². The number of hydrogen-bond acceptors (Lipinski definition) is 4. The van der Waals surface area contributed by atoms with E-state index < -0.39 is 0 Å². The van der Waals surface area contributed by atoms with Crippen LogP contribution < -0.4 is 10.1 Å². The number of methoxy groups -OCH3 is 1. The fourth-order valence-corrected chi connectivity index (χ4v) is 4.04. The van der Waals surface area contributed by atoms with E-state index in [2.05, 4.69) is 24.1 Å². The number of anilines is 1. The second-order valence-electron chi connectivity index (χ2n) is 7.65. The van der Waals surface area contributed by atoms with Crippen molar-refractivity contribution >= 4 is 29.1 Å². The first kappa shape index (κ1) is 21.1. The minimum absolute atomic E-state index is 0.0732. The largest absolute Gasteiger partial charge is 0.495 e. The topological polar surface area (TPSA) is 71.5 Å². The average molecular weight is 416 g/mol. The van der Waals surface area contributed by atoms with Crippen molar-refractivity contribution in [3.05, 3.63) is 53.3 Å². The number of carbonyl (C=O) groups excluding carboxylic acids is 2. The number of rotatable bonds is 6. The number of pyridine rings is 1. The van der Waals surface area contributed by atoms with E-state index in [1.807, 2.05) is 17.0 Å². The van der Waals surface area contributed by atoms with E-state index >= 15 is 0 Å². The Hall–Kier alpha value is -2.60. The maximum Gasteiger partial charge on any atom is 0.229 e. The molecule has 2 amide bonds. The lowest BCUT2D eigenvalue weighted by Crippen LogP contribution is -2.47. The smallest absolute Gasteiger partial charge is 0.229 e. The highest BCUT2D eigenvalue weighted by molar-refractivity contribution is 6.32. The van der Waals surface area contributed by atoms with Gasteiger partial charge in [-0.2, -0.15) is 0 Å². The van der Waals surface area contributed by atoms with Crippen LogP contribution in [0.15, 0.2) is 42.7 Å². The van der Waals surface area contributed by atoms with Gasteiger partial charge in [0.25, 0.3) is 0 Å². The van der Waals surface area contributed by atoms with Crippen molar-refractivity contribution in [3.8, 4) is 5.75 Å². The minimum Gasteiger partial charge on any atom is -0.495 e. The summed E-state index contributed by atoms with van der Waals surface area (Å²) in [6.45, 7) is 4.73. The number of ether oxygens (including phenoxy) is 1. The molecule has 1 aromatic heterocycles. The Morgan fingerprint density at radius 2 is 2.17 bits per heavy atom. The Bertz CT molecular complexity index is 873. The highest BCUT2D eigenvalue weighted by Crippen LogP contribution is 2.38. The molecule has 1 aromatic carbocycles. The standard InChI is InChI=1S/C22H26ClN3O3/c1-14(2)13-26-20(27)9-7-17(21(26)15-5-4-10-24-12-15)22(28)25-16-6-8-19(29-3)18(23)11-16/h4-6,8,10-12,14,17,21H,7,9,13H2,1-3H3,(H,25,28)/t17-,21+/m1/s1. The number of likely N-dealkylation sites (tertiary alicyclic amines) is 1. The summed E-state index contributed by atoms with van der Waals surface area (Å²) in [6.07, 6.45) is 4.27. The molecular formula is C22H26ClN3O3. The van der Waals surface area contributed by atoms with Crippen LogP contribution in [0.2, 0.25) is 5.02 Å². The molecule has 1 aliphatic rings. The number of benzene rings is 1. The van der Waals surface area contributed by atoms with Gasteiger partial charge in [0, 0.05) is 31.0 Å². The van der Waals surface area contributed by atoms with Crippen LogP contribution >= 0.6 is 11.6 Å². The number of carbonyl (C=O) groups is 2. The van der Waals surface area contributed by atoms with Crippen LogP contribution in [0.4, 0.5) is 5.69 Å². The molecule has 0 unspecified atom stereocenters. The summed E-state index contributed by atoms with van der Waals surface area (Å²) in [7, 11) is 1.54. The normalized spacial score (nSPS) is 19.3. The predicted octanol–water partition coefficient (Wildman–Crippen LogP) is 4.32. The lowest BCUT2D eigenvalue weighted by atomic mass is 9.83. The summed E-state index contributed by atoms with van der Waals surface area (Å²) in [5.74, 6) is 0.395. The Morgan fingerprint density at radius 1 is 1.38 bits per heavy atom. The van der Waals surface area contributed by atoms with Crippen molar-refractivity contribution in [1.82, 2.24) is 9.88 Å². The highest BCUT2D eigenvalue weighted by atomic mass is 35.5. The summed E-state index contributed by atoms with van der Waals surface area (Å²) in [4.78, 5) is 31.9. The summed E-state index contributed by atoms with van der Waals surface area (Å²) >= 11 is 6.19. The second kappa shape index (κ2) is 9.27. The van der Waals surface area contributed by atoms with Gasteiger partial charge in [-0.1, -0.05) is 31.5 Å². The van der Waals surface area contributed by atoms with E-state index in [0.29, 0.717) is 41.8 Å². The van der Waals surface area contributed by atoms with E-state index in [-0.39, 0.29) is 23.8 Å².